The van der Waals surface area contributed by atoms with Crippen molar-refractivity contribution >= 4 is 11.8 Å². The van der Waals surface area contributed by atoms with Crippen LogP contribution in [0.4, 0.5) is 0 Å². The smallest absolute Gasteiger partial charge is 0.246 e. The van der Waals surface area contributed by atoms with Crippen LogP contribution in [0.15, 0.2) is 0 Å². The fraction of sp³-hybridized carbons (Fsp3) is 0.882. The van der Waals surface area contributed by atoms with Crippen LogP contribution in [-0.4, -0.2) is 35.3 Å². The first kappa shape index (κ1) is 14.9. The molecule has 4 heteroatoms. The lowest BCUT2D eigenvalue weighted by atomic mass is 9.83. The molecular weight excluding hydrogens is 264 g/mol. The normalized spacial score (nSPS) is 32.1. The van der Waals surface area contributed by atoms with E-state index in [1.165, 1.54) is 25.7 Å². The van der Waals surface area contributed by atoms with Gasteiger partial charge in [-0.05, 0) is 48.9 Å². The van der Waals surface area contributed by atoms with Gasteiger partial charge in [0, 0.05) is 6.54 Å². The zero-order valence-corrected chi connectivity index (χ0v) is 13.7. The van der Waals surface area contributed by atoms with Gasteiger partial charge in [-0.15, -0.1) is 0 Å². The van der Waals surface area contributed by atoms with Gasteiger partial charge in [-0.3, -0.25) is 9.59 Å². The third-order valence-corrected chi connectivity index (χ3v) is 5.57. The molecule has 0 spiro atoms. The maximum absolute atomic E-state index is 12.9. The van der Waals surface area contributed by atoms with Gasteiger partial charge in [0.05, 0.1) is 0 Å². The molecule has 3 rings (SSSR count). The van der Waals surface area contributed by atoms with Gasteiger partial charge in [-0.1, -0.05) is 27.7 Å². The zero-order valence-electron chi connectivity index (χ0n) is 13.7. The van der Waals surface area contributed by atoms with Gasteiger partial charge < -0.3 is 10.2 Å². The van der Waals surface area contributed by atoms with Crippen LogP contribution in [0.5, 0.6) is 0 Å². The van der Waals surface area contributed by atoms with Crippen LogP contribution in [0.3, 0.4) is 0 Å². The van der Waals surface area contributed by atoms with Crippen molar-refractivity contribution in [2.24, 2.45) is 16.7 Å². The summed E-state index contributed by atoms with van der Waals surface area (Å²) in [5.41, 5.74) is 0.114. The molecule has 0 aromatic carbocycles. The predicted molar refractivity (Wildman–Crippen MR) is 81.6 cm³/mol. The molecule has 118 valence electrons. The molecule has 3 fully saturated rings. The van der Waals surface area contributed by atoms with E-state index in [1.54, 1.807) is 0 Å². The van der Waals surface area contributed by atoms with Gasteiger partial charge in [0.15, 0.2) is 0 Å². The summed E-state index contributed by atoms with van der Waals surface area (Å²) in [6, 6.07) is -0.657. The second-order valence-corrected chi connectivity index (χ2v) is 8.33. The summed E-state index contributed by atoms with van der Waals surface area (Å²) in [5, 5.41) is 2.96. The monoisotopic (exact) mass is 292 g/mol. The van der Waals surface area contributed by atoms with Gasteiger partial charge in [0.1, 0.15) is 12.1 Å². The molecule has 1 aliphatic heterocycles. The summed E-state index contributed by atoms with van der Waals surface area (Å²) in [6.45, 7) is 8.86. The predicted octanol–water partition coefficient (Wildman–Crippen LogP) is 2.33. The van der Waals surface area contributed by atoms with Crippen LogP contribution in [0.1, 0.15) is 59.8 Å². The first-order chi connectivity index (χ1) is 9.78. The van der Waals surface area contributed by atoms with E-state index in [0.717, 1.165) is 12.5 Å². The fourth-order valence-corrected chi connectivity index (χ4v) is 3.83. The Bertz CT molecular complexity index is 458. The molecule has 1 saturated heterocycles. The Hall–Kier alpha value is -1.06. The van der Waals surface area contributed by atoms with Gasteiger partial charge in [0.25, 0.3) is 0 Å². The summed E-state index contributed by atoms with van der Waals surface area (Å²) < 4.78 is 0. The highest BCUT2D eigenvalue weighted by molar-refractivity contribution is 5.97. The third-order valence-electron chi connectivity index (χ3n) is 5.57. The minimum Gasteiger partial charge on any atom is -0.342 e. The number of hydrogen-bond donors (Lipinski definition) is 1. The molecule has 2 saturated carbocycles. The molecule has 0 aromatic heterocycles. The van der Waals surface area contributed by atoms with Crippen LogP contribution in [-0.2, 0) is 9.59 Å². The van der Waals surface area contributed by atoms with E-state index in [0.29, 0.717) is 11.8 Å². The molecule has 1 heterocycles. The topological polar surface area (TPSA) is 49.4 Å². The largest absolute Gasteiger partial charge is 0.342 e. The number of amides is 2. The first-order valence-corrected chi connectivity index (χ1v) is 8.39. The van der Waals surface area contributed by atoms with Crippen molar-refractivity contribution in [1.29, 1.82) is 0 Å². The maximum Gasteiger partial charge on any atom is 0.246 e. The SMILES string of the molecule is CCC1C(=O)NC(C(C)(C)C)C(=O)N1CC1(C2CC2)CC1. The number of piperazine rings is 1. The Morgan fingerprint density at radius 3 is 2.29 bits per heavy atom. The first-order valence-electron chi connectivity index (χ1n) is 8.39. The number of carbonyl (C=O) groups is 2. The number of rotatable bonds is 4. The maximum atomic E-state index is 12.9. The second-order valence-electron chi connectivity index (χ2n) is 8.33. The van der Waals surface area contributed by atoms with Crippen molar-refractivity contribution in [2.45, 2.75) is 71.9 Å². The van der Waals surface area contributed by atoms with E-state index >= 15 is 0 Å². The van der Waals surface area contributed by atoms with E-state index in [2.05, 4.69) is 5.32 Å². The van der Waals surface area contributed by atoms with Crippen molar-refractivity contribution in [1.82, 2.24) is 10.2 Å². The second kappa shape index (κ2) is 4.72. The molecular formula is C17H28N2O2. The molecule has 0 aromatic rings. The Morgan fingerprint density at radius 1 is 1.24 bits per heavy atom. The summed E-state index contributed by atoms with van der Waals surface area (Å²) in [4.78, 5) is 27.3. The van der Waals surface area contributed by atoms with Crippen LogP contribution >= 0.6 is 0 Å². The highest BCUT2D eigenvalue weighted by atomic mass is 16.2. The van der Waals surface area contributed by atoms with E-state index in [4.69, 9.17) is 0 Å². The lowest BCUT2D eigenvalue weighted by molar-refractivity contribution is -0.153. The van der Waals surface area contributed by atoms with Gasteiger partial charge in [-0.2, -0.15) is 0 Å². The molecule has 4 nitrogen and oxygen atoms in total. The molecule has 1 N–H and O–H groups in total. The summed E-state index contributed by atoms with van der Waals surface area (Å²) in [7, 11) is 0. The van der Waals surface area contributed by atoms with Crippen LogP contribution in [0, 0.1) is 16.7 Å². The standard InChI is InChI=1S/C17H28N2O2/c1-5-12-14(20)18-13(16(2,3)4)15(21)19(12)10-17(8-9-17)11-6-7-11/h11-13H,5-10H2,1-4H3,(H,18,20). The van der Waals surface area contributed by atoms with Crippen LogP contribution in [0.2, 0.25) is 0 Å². The van der Waals surface area contributed by atoms with Crippen molar-refractivity contribution < 1.29 is 9.59 Å². The molecule has 2 unspecified atom stereocenters. The minimum absolute atomic E-state index is 0.0311. The summed E-state index contributed by atoms with van der Waals surface area (Å²) in [6.07, 6.45) is 5.80. The van der Waals surface area contributed by atoms with Crippen molar-refractivity contribution in [2.75, 3.05) is 6.54 Å². The van der Waals surface area contributed by atoms with Gasteiger partial charge >= 0.3 is 0 Å². The quantitative estimate of drug-likeness (QED) is 0.864. The molecule has 2 atom stereocenters. The molecule has 0 bridgehead atoms. The summed E-state index contributed by atoms with van der Waals surface area (Å²) in [5.74, 6) is 0.963. The molecule has 2 amide bonds. The van der Waals surface area contributed by atoms with E-state index in [1.807, 2.05) is 32.6 Å². The van der Waals surface area contributed by atoms with E-state index in [-0.39, 0.29) is 29.3 Å². The number of nitrogens with zero attached hydrogens (tertiary/aromatic N) is 1. The van der Waals surface area contributed by atoms with E-state index < -0.39 is 0 Å². The number of hydrogen-bond acceptors (Lipinski definition) is 2. The third kappa shape index (κ3) is 2.58. The van der Waals surface area contributed by atoms with Crippen molar-refractivity contribution in [3.8, 4) is 0 Å². The lowest BCUT2D eigenvalue weighted by Gasteiger charge is -2.44. The van der Waals surface area contributed by atoms with Crippen LogP contribution in [0.25, 0.3) is 0 Å². The average molecular weight is 292 g/mol. The fourth-order valence-electron chi connectivity index (χ4n) is 3.83. The Morgan fingerprint density at radius 2 is 1.86 bits per heavy atom. The number of carbonyl (C=O) groups excluding carboxylic acids is 2. The highest BCUT2D eigenvalue weighted by Gasteiger charge is 2.57. The zero-order chi connectivity index (χ0) is 15.4. The Labute approximate surface area is 127 Å². The Balaban J connectivity index is 1.82. The minimum atomic E-state index is -0.386. The van der Waals surface area contributed by atoms with E-state index in [9.17, 15) is 9.59 Å². The summed E-state index contributed by atoms with van der Waals surface area (Å²) >= 11 is 0. The highest BCUT2D eigenvalue weighted by Crippen LogP contribution is 2.61. The van der Waals surface area contributed by atoms with Gasteiger partial charge in [-0.25, -0.2) is 0 Å². The molecule has 2 aliphatic carbocycles. The molecule has 3 aliphatic rings. The van der Waals surface area contributed by atoms with Crippen molar-refractivity contribution in [3.05, 3.63) is 0 Å². The average Bonchev–Trinajstić information content (AvgIpc) is 3.24. The van der Waals surface area contributed by atoms with Crippen molar-refractivity contribution in [3.63, 3.8) is 0 Å². The lowest BCUT2D eigenvalue weighted by Crippen LogP contribution is -2.67. The molecule has 21 heavy (non-hydrogen) atoms. The van der Waals surface area contributed by atoms with Crippen LogP contribution < -0.4 is 5.32 Å². The molecule has 0 radical (unpaired) electrons. The van der Waals surface area contributed by atoms with Gasteiger partial charge in [0.2, 0.25) is 11.8 Å². The Kier molecular flexibility index (Phi) is 3.34. The number of nitrogens with one attached hydrogen (secondary N) is 1.